The molecule has 0 radical (unpaired) electrons. The standard InChI is InChI=1S/C18H22N4O2/c23-16-7-6-15(19-16)18-20-17(14-8-10-24-11-9-14)21-22(18)12-13-4-2-1-3-5-13/h1-5,14-15H,6-12H2,(H,19,23)/t15-/m0/s1. The Morgan fingerprint density at radius 3 is 2.67 bits per heavy atom. The van der Waals surface area contributed by atoms with E-state index in [2.05, 4.69) is 17.4 Å². The van der Waals surface area contributed by atoms with Crippen LogP contribution in [-0.4, -0.2) is 33.9 Å². The molecule has 6 heteroatoms. The second-order valence-electron chi connectivity index (χ2n) is 6.52. The minimum Gasteiger partial charge on any atom is -0.381 e. The first-order chi connectivity index (χ1) is 11.8. The highest BCUT2D eigenvalue weighted by atomic mass is 16.5. The summed E-state index contributed by atoms with van der Waals surface area (Å²) in [5.41, 5.74) is 1.19. The number of hydrogen-bond donors (Lipinski definition) is 1. The molecule has 3 heterocycles. The molecule has 1 atom stereocenters. The topological polar surface area (TPSA) is 69.0 Å². The van der Waals surface area contributed by atoms with E-state index < -0.39 is 0 Å². The number of aromatic nitrogens is 3. The zero-order chi connectivity index (χ0) is 16.4. The van der Waals surface area contributed by atoms with Crippen molar-refractivity contribution in [2.24, 2.45) is 0 Å². The molecule has 4 rings (SSSR count). The molecular formula is C18H22N4O2. The maximum absolute atomic E-state index is 11.6. The molecule has 1 aromatic heterocycles. The Hall–Kier alpha value is -2.21. The van der Waals surface area contributed by atoms with E-state index in [-0.39, 0.29) is 11.9 Å². The maximum atomic E-state index is 11.6. The van der Waals surface area contributed by atoms with Crippen LogP contribution in [0.15, 0.2) is 30.3 Å². The number of nitrogens with zero attached hydrogens (tertiary/aromatic N) is 3. The normalized spacial score (nSPS) is 21.8. The Balaban J connectivity index is 1.64. The van der Waals surface area contributed by atoms with Gasteiger partial charge >= 0.3 is 0 Å². The van der Waals surface area contributed by atoms with Crippen molar-refractivity contribution in [2.75, 3.05) is 13.2 Å². The Labute approximate surface area is 141 Å². The van der Waals surface area contributed by atoms with Gasteiger partial charge in [0.2, 0.25) is 5.91 Å². The van der Waals surface area contributed by atoms with Gasteiger partial charge in [0.05, 0.1) is 12.6 Å². The molecule has 126 valence electrons. The summed E-state index contributed by atoms with van der Waals surface area (Å²) < 4.78 is 7.42. The molecule has 24 heavy (non-hydrogen) atoms. The summed E-state index contributed by atoms with van der Waals surface area (Å²) in [5.74, 6) is 2.23. The molecule has 1 aromatic carbocycles. The van der Waals surface area contributed by atoms with Crippen LogP contribution in [0.1, 0.15) is 54.9 Å². The number of carbonyl (C=O) groups excluding carboxylic acids is 1. The third-order valence-electron chi connectivity index (χ3n) is 4.79. The maximum Gasteiger partial charge on any atom is 0.220 e. The SMILES string of the molecule is O=C1CC[C@@H](c2nc(C3CCOCC3)nn2Cc2ccccc2)N1. The molecule has 6 nitrogen and oxygen atoms in total. The lowest BCUT2D eigenvalue weighted by molar-refractivity contribution is -0.119. The van der Waals surface area contributed by atoms with Gasteiger partial charge in [-0.15, -0.1) is 0 Å². The Kier molecular flexibility index (Phi) is 4.30. The quantitative estimate of drug-likeness (QED) is 0.935. The van der Waals surface area contributed by atoms with Crippen molar-refractivity contribution in [2.45, 2.75) is 44.2 Å². The van der Waals surface area contributed by atoms with Gasteiger partial charge in [0.15, 0.2) is 5.82 Å². The van der Waals surface area contributed by atoms with Crippen LogP contribution >= 0.6 is 0 Å². The molecular weight excluding hydrogens is 304 g/mol. The van der Waals surface area contributed by atoms with Gasteiger partial charge in [-0.05, 0) is 24.8 Å². The number of nitrogens with one attached hydrogen (secondary N) is 1. The first kappa shape index (κ1) is 15.3. The minimum absolute atomic E-state index is 0.0256. The molecule has 0 aliphatic carbocycles. The monoisotopic (exact) mass is 326 g/mol. The van der Waals surface area contributed by atoms with Gasteiger partial charge in [-0.25, -0.2) is 9.67 Å². The molecule has 2 saturated heterocycles. The van der Waals surface area contributed by atoms with E-state index >= 15 is 0 Å². The fourth-order valence-electron chi connectivity index (χ4n) is 3.44. The molecule has 0 unspecified atom stereocenters. The molecule has 2 aromatic rings. The Morgan fingerprint density at radius 2 is 1.96 bits per heavy atom. The van der Waals surface area contributed by atoms with E-state index in [1.54, 1.807) is 0 Å². The van der Waals surface area contributed by atoms with Crippen molar-refractivity contribution < 1.29 is 9.53 Å². The van der Waals surface area contributed by atoms with Gasteiger partial charge in [-0.2, -0.15) is 5.10 Å². The minimum atomic E-state index is -0.0256. The number of carbonyl (C=O) groups is 1. The lowest BCUT2D eigenvalue weighted by Crippen LogP contribution is -2.22. The van der Waals surface area contributed by atoms with Crippen LogP contribution in [0.2, 0.25) is 0 Å². The van der Waals surface area contributed by atoms with Gasteiger partial charge in [0, 0.05) is 25.6 Å². The summed E-state index contributed by atoms with van der Waals surface area (Å²) in [6, 6.07) is 10.2. The van der Waals surface area contributed by atoms with Crippen molar-refractivity contribution >= 4 is 5.91 Å². The summed E-state index contributed by atoms with van der Waals surface area (Å²) in [6.45, 7) is 2.22. The van der Waals surface area contributed by atoms with Crippen molar-refractivity contribution in [3.05, 3.63) is 47.5 Å². The molecule has 2 fully saturated rings. The van der Waals surface area contributed by atoms with Gasteiger partial charge in [-0.3, -0.25) is 4.79 Å². The van der Waals surface area contributed by atoms with Crippen molar-refractivity contribution in [1.29, 1.82) is 0 Å². The fraction of sp³-hybridized carbons (Fsp3) is 0.500. The Bertz CT molecular complexity index is 707. The summed E-state index contributed by atoms with van der Waals surface area (Å²) in [5, 5.41) is 7.82. The third-order valence-corrected chi connectivity index (χ3v) is 4.79. The number of rotatable bonds is 4. The average Bonchev–Trinajstić information content (AvgIpc) is 3.23. The molecule has 1 N–H and O–H groups in total. The number of amides is 1. The summed E-state index contributed by atoms with van der Waals surface area (Å²) in [7, 11) is 0. The number of hydrogen-bond acceptors (Lipinski definition) is 4. The van der Waals surface area contributed by atoms with Gasteiger partial charge in [-0.1, -0.05) is 30.3 Å². The van der Waals surface area contributed by atoms with Crippen LogP contribution in [0.5, 0.6) is 0 Å². The molecule has 0 spiro atoms. The van der Waals surface area contributed by atoms with Crippen LogP contribution in [0.4, 0.5) is 0 Å². The molecule has 1 amide bonds. The first-order valence-corrected chi connectivity index (χ1v) is 8.65. The van der Waals surface area contributed by atoms with Crippen LogP contribution < -0.4 is 5.32 Å². The largest absolute Gasteiger partial charge is 0.381 e. The second kappa shape index (κ2) is 6.73. The van der Waals surface area contributed by atoms with Gasteiger partial charge < -0.3 is 10.1 Å². The number of benzene rings is 1. The highest BCUT2D eigenvalue weighted by Crippen LogP contribution is 2.28. The zero-order valence-electron chi connectivity index (χ0n) is 13.6. The summed E-state index contributed by atoms with van der Waals surface area (Å²) >= 11 is 0. The van der Waals surface area contributed by atoms with E-state index in [0.29, 0.717) is 18.9 Å². The molecule has 2 aliphatic heterocycles. The second-order valence-corrected chi connectivity index (χ2v) is 6.52. The summed E-state index contributed by atoms with van der Waals surface area (Å²) in [4.78, 5) is 16.4. The lowest BCUT2D eigenvalue weighted by Gasteiger charge is -2.18. The highest BCUT2D eigenvalue weighted by Gasteiger charge is 2.29. The van der Waals surface area contributed by atoms with E-state index in [1.807, 2.05) is 22.9 Å². The van der Waals surface area contributed by atoms with E-state index in [1.165, 1.54) is 5.56 Å². The smallest absolute Gasteiger partial charge is 0.220 e. The van der Waals surface area contributed by atoms with E-state index in [0.717, 1.165) is 44.1 Å². The molecule has 0 bridgehead atoms. The number of ether oxygens (including phenoxy) is 1. The highest BCUT2D eigenvalue weighted by molar-refractivity contribution is 5.78. The zero-order valence-corrected chi connectivity index (χ0v) is 13.6. The van der Waals surface area contributed by atoms with Gasteiger partial charge in [0.1, 0.15) is 5.82 Å². The van der Waals surface area contributed by atoms with Crippen LogP contribution in [-0.2, 0) is 16.1 Å². The van der Waals surface area contributed by atoms with Gasteiger partial charge in [0.25, 0.3) is 0 Å². The van der Waals surface area contributed by atoms with E-state index in [4.69, 9.17) is 14.8 Å². The molecule has 2 aliphatic rings. The predicted octanol–water partition coefficient (Wildman–Crippen LogP) is 2.17. The van der Waals surface area contributed by atoms with E-state index in [9.17, 15) is 4.79 Å². The van der Waals surface area contributed by atoms with Crippen LogP contribution in [0.25, 0.3) is 0 Å². The van der Waals surface area contributed by atoms with Crippen LogP contribution in [0, 0.1) is 0 Å². The Morgan fingerprint density at radius 1 is 1.17 bits per heavy atom. The average molecular weight is 326 g/mol. The lowest BCUT2D eigenvalue weighted by atomic mass is 10.00. The van der Waals surface area contributed by atoms with Crippen molar-refractivity contribution in [1.82, 2.24) is 20.1 Å². The van der Waals surface area contributed by atoms with Crippen molar-refractivity contribution in [3.8, 4) is 0 Å². The summed E-state index contributed by atoms with van der Waals surface area (Å²) in [6.07, 6.45) is 3.28. The first-order valence-electron chi connectivity index (χ1n) is 8.65. The molecule has 0 saturated carbocycles. The fourth-order valence-corrected chi connectivity index (χ4v) is 3.44. The van der Waals surface area contributed by atoms with Crippen LogP contribution in [0.3, 0.4) is 0 Å². The third kappa shape index (κ3) is 3.19. The van der Waals surface area contributed by atoms with Crippen molar-refractivity contribution in [3.63, 3.8) is 0 Å². The predicted molar refractivity (Wildman–Crippen MR) is 88.5 cm³/mol.